The summed E-state index contributed by atoms with van der Waals surface area (Å²) in [5, 5.41) is 4.68. The summed E-state index contributed by atoms with van der Waals surface area (Å²) in [6, 6.07) is 5.36. The van der Waals surface area contributed by atoms with Crippen molar-refractivity contribution in [3.63, 3.8) is 0 Å². The van der Waals surface area contributed by atoms with Crippen molar-refractivity contribution >= 4 is 39.1 Å². The van der Waals surface area contributed by atoms with E-state index in [4.69, 9.17) is 27.7 Å². The standard InChI is InChI=1S/C19H23Cl2N3O4S/c1-13-19(14(2)28-22-13)29(26,27)24-10-4-9-23(11-12-24)17(25)8-7-15-5-3-6-16(20)18(15)21/h3,5-6H,4,7-12H2,1-2H3. The monoisotopic (exact) mass is 459 g/mol. The van der Waals surface area contributed by atoms with Gasteiger partial charge in [-0.05, 0) is 38.3 Å². The quantitative estimate of drug-likeness (QED) is 0.683. The van der Waals surface area contributed by atoms with Gasteiger partial charge in [0.15, 0.2) is 5.76 Å². The Morgan fingerprint density at radius 2 is 1.93 bits per heavy atom. The third kappa shape index (κ3) is 4.77. The molecule has 7 nitrogen and oxygen atoms in total. The van der Waals surface area contributed by atoms with E-state index in [1.54, 1.807) is 30.9 Å². The van der Waals surface area contributed by atoms with Crippen LogP contribution in [0.4, 0.5) is 0 Å². The highest BCUT2D eigenvalue weighted by Crippen LogP contribution is 2.27. The maximum atomic E-state index is 13.0. The van der Waals surface area contributed by atoms with E-state index in [1.165, 1.54) is 4.31 Å². The van der Waals surface area contributed by atoms with Crippen molar-refractivity contribution in [2.24, 2.45) is 0 Å². The first-order valence-electron chi connectivity index (χ1n) is 9.35. The second-order valence-electron chi connectivity index (χ2n) is 7.00. The molecule has 158 valence electrons. The van der Waals surface area contributed by atoms with Gasteiger partial charge in [0.05, 0.1) is 10.0 Å². The summed E-state index contributed by atoms with van der Waals surface area (Å²) < 4.78 is 32.4. The van der Waals surface area contributed by atoms with E-state index in [1.807, 2.05) is 6.07 Å². The van der Waals surface area contributed by atoms with Crippen LogP contribution in [-0.4, -0.2) is 54.9 Å². The molecule has 1 aromatic heterocycles. The second-order valence-corrected chi connectivity index (χ2v) is 9.66. The zero-order valence-electron chi connectivity index (χ0n) is 16.3. The van der Waals surface area contributed by atoms with E-state index in [9.17, 15) is 13.2 Å². The van der Waals surface area contributed by atoms with Gasteiger partial charge in [0.25, 0.3) is 0 Å². The maximum absolute atomic E-state index is 13.0. The molecule has 0 N–H and O–H groups in total. The van der Waals surface area contributed by atoms with Crippen molar-refractivity contribution in [3.8, 4) is 0 Å². The Bertz CT molecular complexity index is 987. The Balaban J connectivity index is 1.63. The molecule has 1 aromatic carbocycles. The number of amides is 1. The fraction of sp³-hybridized carbons (Fsp3) is 0.474. The minimum Gasteiger partial charge on any atom is -0.360 e. The molecule has 0 bridgehead atoms. The van der Waals surface area contributed by atoms with Crippen LogP contribution in [0.15, 0.2) is 27.6 Å². The minimum atomic E-state index is -3.71. The van der Waals surface area contributed by atoms with Gasteiger partial charge < -0.3 is 9.42 Å². The van der Waals surface area contributed by atoms with Gasteiger partial charge in [-0.1, -0.05) is 40.5 Å². The largest absolute Gasteiger partial charge is 0.360 e. The fourth-order valence-corrected chi connectivity index (χ4v) is 5.67. The number of halogens is 2. The molecule has 0 spiro atoms. The lowest BCUT2D eigenvalue weighted by Crippen LogP contribution is -2.37. The van der Waals surface area contributed by atoms with E-state index in [0.29, 0.717) is 48.2 Å². The molecular weight excluding hydrogens is 437 g/mol. The molecule has 3 rings (SSSR count). The van der Waals surface area contributed by atoms with Crippen LogP contribution in [0.1, 0.15) is 29.9 Å². The molecule has 1 aliphatic rings. The molecule has 1 amide bonds. The molecule has 0 aliphatic carbocycles. The number of sulfonamides is 1. The molecule has 29 heavy (non-hydrogen) atoms. The number of aromatic nitrogens is 1. The molecule has 10 heteroatoms. The zero-order chi connectivity index (χ0) is 21.2. The summed E-state index contributed by atoms with van der Waals surface area (Å²) in [5.41, 5.74) is 1.17. The summed E-state index contributed by atoms with van der Waals surface area (Å²) >= 11 is 12.2. The smallest absolute Gasteiger partial charge is 0.248 e. The molecule has 0 saturated carbocycles. The summed E-state index contributed by atoms with van der Waals surface area (Å²) in [4.78, 5) is 14.5. The van der Waals surface area contributed by atoms with Gasteiger partial charge in [-0.3, -0.25) is 4.79 Å². The van der Waals surface area contributed by atoms with Gasteiger partial charge >= 0.3 is 0 Å². The Morgan fingerprint density at radius 3 is 2.62 bits per heavy atom. The predicted octanol–water partition coefficient (Wildman–Crippen LogP) is 3.45. The first kappa shape index (κ1) is 22.1. The highest BCUT2D eigenvalue weighted by Gasteiger charge is 2.32. The number of carbonyl (C=O) groups excluding carboxylic acids is 1. The van der Waals surface area contributed by atoms with E-state index in [-0.39, 0.29) is 29.5 Å². The first-order chi connectivity index (χ1) is 13.7. The van der Waals surface area contributed by atoms with Gasteiger partial charge in [-0.25, -0.2) is 8.42 Å². The van der Waals surface area contributed by atoms with Gasteiger partial charge in [-0.2, -0.15) is 4.31 Å². The lowest BCUT2D eigenvalue weighted by molar-refractivity contribution is -0.131. The summed E-state index contributed by atoms with van der Waals surface area (Å²) in [5.74, 6) is 0.246. The average Bonchev–Trinajstić information content (AvgIpc) is 2.87. The SMILES string of the molecule is Cc1noc(C)c1S(=O)(=O)N1CCCN(C(=O)CCc2cccc(Cl)c2Cl)CC1. The highest BCUT2D eigenvalue weighted by atomic mass is 35.5. The predicted molar refractivity (Wildman–Crippen MR) is 111 cm³/mol. The fourth-order valence-electron chi connectivity index (χ4n) is 3.50. The van der Waals surface area contributed by atoms with Crippen LogP contribution < -0.4 is 0 Å². The van der Waals surface area contributed by atoms with E-state index >= 15 is 0 Å². The number of nitrogens with zero attached hydrogens (tertiary/aromatic N) is 3. The third-order valence-electron chi connectivity index (χ3n) is 5.01. The number of hydrogen-bond acceptors (Lipinski definition) is 5. The van der Waals surface area contributed by atoms with Crippen LogP contribution in [0, 0.1) is 13.8 Å². The summed E-state index contributed by atoms with van der Waals surface area (Å²) in [6.45, 7) is 4.62. The normalized spacial score (nSPS) is 16.1. The Hall–Kier alpha value is -1.61. The Kier molecular flexibility index (Phi) is 6.88. The van der Waals surface area contributed by atoms with E-state index in [2.05, 4.69) is 5.16 Å². The van der Waals surface area contributed by atoms with Crippen LogP contribution in [0.5, 0.6) is 0 Å². The number of benzene rings is 1. The van der Waals surface area contributed by atoms with Gasteiger partial charge in [-0.15, -0.1) is 0 Å². The van der Waals surface area contributed by atoms with Crippen LogP contribution in [0.25, 0.3) is 0 Å². The molecular formula is C19H23Cl2N3O4S. The second kappa shape index (κ2) is 9.04. The van der Waals surface area contributed by atoms with Crippen LogP contribution in [-0.2, 0) is 21.2 Å². The minimum absolute atomic E-state index is 0.0300. The molecule has 1 saturated heterocycles. The van der Waals surface area contributed by atoms with Crippen molar-refractivity contribution in [3.05, 3.63) is 45.3 Å². The first-order valence-corrected chi connectivity index (χ1v) is 11.5. The number of carbonyl (C=O) groups is 1. The van der Waals surface area contributed by atoms with Crippen LogP contribution in [0.2, 0.25) is 10.0 Å². The van der Waals surface area contributed by atoms with Crippen LogP contribution >= 0.6 is 23.2 Å². The number of hydrogen-bond donors (Lipinski definition) is 0. The molecule has 1 fully saturated rings. The molecule has 2 heterocycles. The van der Waals surface area contributed by atoms with Crippen molar-refractivity contribution in [1.82, 2.24) is 14.4 Å². The molecule has 0 radical (unpaired) electrons. The number of aryl methyl sites for hydroxylation is 3. The van der Waals surface area contributed by atoms with Crippen LogP contribution in [0.3, 0.4) is 0 Å². The summed E-state index contributed by atoms with van der Waals surface area (Å²) in [7, 11) is -3.71. The zero-order valence-corrected chi connectivity index (χ0v) is 18.6. The molecule has 0 atom stereocenters. The van der Waals surface area contributed by atoms with Crippen molar-refractivity contribution in [1.29, 1.82) is 0 Å². The topological polar surface area (TPSA) is 83.7 Å². The van der Waals surface area contributed by atoms with Gasteiger partial charge in [0.1, 0.15) is 10.6 Å². The van der Waals surface area contributed by atoms with Gasteiger partial charge in [0.2, 0.25) is 15.9 Å². The molecule has 2 aromatic rings. The van der Waals surface area contributed by atoms with Crippen molar-refractivity contribution in [2.75, 3.05) is 26.2 Å². The Labute approximate surface area is 180 Å². The van der Waals surface area contributed by atoms with Crippen molar-refractivity contribution in [2.45, 2.75) is 38.0 Å². The lowest BCUT2D eigenvalue weighted by Gasteiger charge is -2.22. The summed E-state index contributed by atoms with van der Waals surface area (Å²) in [6.07, 6.45) is 1.33. The molecule has 1 aliphatic heterocycles. The van der Waals surface area contributed by atoms with E-state index in [0.717, 1.165) is 5.56 Å². The molecule has 0 unspecified atom stereocenters. The third-order valence-corrected chi connectivity index (χ3v) is 8.01. The van der Waals surface area contributed by atoms with Gasteiger partial charge in [0, 0.05) is 32.6 Å². The Morgan fingerprint density at radius 1 is 1.17 bits per heavy atom. The lowest BCUT2D eigenvalue weighted by atomic mass is 10.1. The maximum Gasteiger partial charge on any atom is 0.248 e. The van der Waals surface area contributed by atoms with E-state index < -0.39 is 10.0 Å². The highest BCUT2D eigenvalue weighted by molar-refractivity contribution is 7.89. The average molecular weight is 460 g/mol. The number of rotatable bonds is 5. The van der Waals surface area contributed by atoms with Crippen molar-refractivity contribution < 1.29 is 17.7 Å².